The molecule has 1 aromatic carbocycles. The Bertz CT molecular complexity index is 359. The summed E-state index contributed by atoms with van der Waals surface area (Å²) in [5.74, 6) is 1.61. The number of rotatable bonds is 5. The van der Waals surface area contributed by atoms with E-state index in [0.717, 1.165) is 44.8 Å². The van der Waals surface area contributed by atoms with E-state index in [1.165, 1.54) is 5.56 Å². The van der Waals surface area contributed by atoms with Gasteiger partial charge in [0, 0.05) is 19.3 Å². The quantitative estimate of drug-likeness (QED) is 0.871. The van der Waals surface area contributed by atoms with Crippen molar-refractivity contribution >= 4 is 0 Å². The Hall–Kier alpha value is -1.06. The van der Waals surface area contributed by atoms with E-state index in [-0.39, 0.29) is 6.04 Å². The number of nitrogens with two attached hydrogens (primary N) is 1. The summed E-state index contributed by atoms with van der Waals surface area (Å²) in [5, 5.41) is 0. The summed E-state index contributed by atoms with van der Waals surface area (Å²) in [4.78, 5) is 0. The molecule has 1 heterocycles. The van der Waals surface area contributed by atoms with Gasteiger partial charge in [-0.3, -0.25) is 0 Å². The van der Waals surface area contributed by atoms with Crippen molar-refractivity contribution < 1.29 is 9.47 Å². The van der Waals surface area contributed by atoms with E-state index >= 15 is 0 Å². The van der Waals surface area contributed by atoms with Crippen molar-refractivity contribution in [2.45, 2.75) is 32.2 Å². The molecule has 1 aliphatic rings. The van der Waals surface area contributed by atoms with E-state index < -0.39 is 0 Å². The molecule has 0 bridgehead atoms. The summed E-state index contributed by atoms with van der Waals surface area (Å²) in [7, 11) is 0. The lowest BCUT2D eigenvalue weighted by Gasteiger charge is -2.23. The molecule has 2 rings (SSSR count). The Morgan fingerprint density at radius 2 is 2.06 bits per heavy atom. The number of ether oxygens (including phenoxy) is 2. The van der Waals surface area contributed by atoms with Crippen LogP contribution in [0.2, 0.25) is 0 Å². The van der Waals surface area contributed by atoms with E-state index in [1.54, 1.807) is 0 Å². The Morgan fingerprint density at radius 3 is 2.78 bits per heavy atom. The third-order valence-electron chi connectivity index (χ3n) is 3.33. The maximum Gasteiger partial charge on any atom is 0.122 e. The SMILES string of the molecule is CC(N)Cc1ccccc1OCC1CCOCC1. The molecule has 1 aliphatic heterocycles. The van der Waals surface area contributed by atoms with Crippen LogP contribution in [0.15, 0.2) is 24.3 Å². The van der Waals surface area contributed by atoms with E-state index in [2.05, 4.69) is 6.07 Å². The van der Waals surface area contributed by atoms with Crippen LogP contribution in [0.3, 0.4) is 0 Å². The first-order chi connectivity index (χ1) is 8.75. The molecule has 18 heavy (non-hydrogen) atoms. The van der Waals surface area contributed by atoms with Gasteiger partial charge in [0.15, 0.2) is 0 Å². The number of hydrogen-bond acceptors (Lipinski definition) is 3. The molecule has 3 heteroatoms. The molecule has 1 aromatic rings. The van der Waals surface area contributed by atoms with Crippen LogP contribution in [0.25, 0.3) is 0 Å². The molecule has 1 fully saturated rings. The van der Waals surface area contributed by atoms with Crippen LogP contribution in [0.5, 0.6) is 5.75 Å². The molecule has 2 N–H and O–H groups in total. The molecule has 0 amide bonds. The highest BCUT2D eigenvalue weighted by molar-refractivity contribution is 5.33. The van der Waals surface area contributed by atoms with E-state index in [9.17, 15) is 0 Å². The average Bonchev–Trinajstić information content (AvgIpc) is 2.38. The molecular formula is C15H23NO2. The third kappa shape index (κ3) is 4.00. The first-order valence-electron chi connectivity index (χ1n) is 6.79. The molecule has 1 saturated heterocycles. The van der Waals surface area contributed by atoms with Crippen molar-refractivity contribution in [1.82, 2.24) is 0 Å². The molecule has 1 atom stereocenters. The van der Waals surface area contributed by atoms with Crippen LogP contribution in [0.4, 0.5) is 0 Å². The molecule has 0 aromatic heterocycles. The van der Waals surface area contributed by atoms with Crippen LogP contribution in [-0.4, -0.2) is 25.9 Å². The third-order valence-corrected chi connectivity index (χ3v) is 3.33. The van der Waals surface area contributed by atoms with Gasteiger partial charge in [-0.25, -0.2) is 0 Å². The lowest BCUT2D eigenvalue weighted by molar-refractivity contribution is 0.0496. The van der Waals surface area contributed by atoms with E-state index in [1.807, 2.05) is 25.1 Å². The van der Waals surface area contributed by atoms with Crippen LogP contribution in [-0.2, 0) is 11.2 Å². The number of para-hydroxylation sites is 1. The van der Waals surface area contributed by atoms with Crippen LogP contribution in [0, 0.1) is 5.92 Å². The normalized spacial score (nSPS) is 18.6. The summed E-state index contributed by atoms with van der Waals surface area (Å²) in [6, 6.07) is 8.36. The number of benzene rings is 1. The minimum atomic E-state index is 0.165. The number of hydrogen-bond donors (Lipinski definition) is 1. The van der Waals surface area contributed by atoms with Gasteiger partial charge in [0.05, 0.1) is 6.61 Å². The highest BCUT2D eigenvalue weighted by Gasteiger charge is 2.15. The molecule has 0 spiro atoms. The first kappa shape index (κ1) is 13.4. The van der Waals surface area contributed by atoms with E-state index in [4.69, 9.17) is 15.2 Å². The monoisotopic (exact) mass is 249 g/mol. The molecule has 0 saturated carbocycles. The molecule has 3 nitrogen and oxygen atoms in total. The van der Waals surface area contributed by atoms with Gasteiger partial charge in [0.25, 0.3) is 0 Å². The van der Waals surface area contributed by atoms with Crippen molar-refractivity contribution in [1.29, 1.82) is 0 Å². The average molecular weight is 249 g/mol. The van der Waals surface area contributed by atoms with Crippen molar-refractivity contribution in [3.05, 3.63) is 29.8 Å². The highest BCUT2D eigenvalue weighted by Crippen LogP contribution is 2.22. The first-order valence-corrected chi connectivity index (χ1v) is 6.79. The zero-order valence-electron chi connectivity index (χ0n) is 11.1. The van der Waals surface area contributed by atoms with Gasteiger partial charge < -0.3 is 15.2 Å². The largest absolute Gasteiger partial charge is 0.493 e. The second-order valence-corrected chi connectivity index (χ2v) is 5.16. The Morgan fingerprint density at radius 1 is 1.33 bits per heavy atom. The fraction of sp³-hybridized carbons (Fsp3) is 0.600. The Balaban J connectivity index is 1.91. The summed E-state index contributed by atoms with van der Waals surface area (Å²) in [5.41, 5.74) is 7.07. The fourth-order valence-corrected chi connectivity index (χ4v) is 2.28. The van der Waals surface area contributed by atoms with E-state index in [0.29, 0.717) is 5.92 Å². The Kier molecular flexibility index (Phi) is 5.02. The fourth-order valence-electron chi connectivity index (χ4n) is 2.28. The van der Waals surface area contributed by atoms with Gasteiger partial charge in [-0.1, -0.05) is 18.2 Å². The summed E-state index contributed by atoms with van der Waals surface area (Å²) < 4.78 is 11.3. The summed E-state index contributed by atoms with van der Waals surface area (Å²) >= 11 is 0. The smallest absolute Gasteiger partial charge is 0.122 e. The summed E-state index contributed by atoms with van der Waals surface area (Å²) in [6.07, 6.45) is 3.08. The van der Waals surface area contributed by atoms with Gasteiger partial charge in [-0.05, 0) is 43.7 Å². The maximum absolute atomic E-state index is 5.97. The minimum absolute atomic E-state index is 0.165. The zero-order valence-corrected chi connectivity index (χ0v) is 11.1. The van der Waals surface area contributed by atoms with Gasteiger partial charge in [-0.2, -0.15) is 0 Å². The van der Waals surface area contributed by atoms with Gasteiger partial charge in [0.1, 0.15) is 5.75 Å². The zero-order chi connectivity index (χ0) is 12.8. The van der Waals surface area contributed by atoms with Crippen molar-refractivity contribution in [3.63, 3.8) is 0 Å². The minimum Gasteiger partial charge on any atom is -0.493 e. The topological polar surface area (TPSA) is 44.5 Å². The predicted molar refractivity (Wildman–Crippen MR) is 72.8 cm³/mol. The second-order valence-electron chi connectivity index (χ2n) is 5.16. The van der Waals surface area contributed by atoms with Crippen LogP contribution in [0.1, 0.15) is 25.3 Å². The lowest BCUT2D eigenvalue weighted by atomic mass is 10.0. The molecule has 1 unspecified atom stereocenters. The maximum atomic E-state index is 5.97. The van der Waals surface area contributed by atoms with Crippen molar-refractivity contribution in [3.8, 4) is 5.75 Å². The summed E-state index contributed by atoms with van der Waals surface area (Å²) in [6.45, 7) is 4.56. The Labute approximate surface area is 109 Å². The van der Waals surface area contributed by atoms with Gasteiger partial charge in [-0.15, -0.1) is 0 Å². The van der Waals surface area contributed by atoms with Gasteiger partial charge in [0.2, 0.25) is 0 Å². The molecular weight excluding hydrogens is 226 g/mol. The van der Waals surface area contributed by atoms with Crippen LogP contribution < -0.4 is 10.5 Å². The molecule has 0 radical (unpaired) electrons. The van der Waals surface area contributed by atoms with Crippen molar-refractivity contribution in [2.75, 3.05) is 19.8 Å². The van der Waals surface area contributed by atoms with Crippen molar-refractivity contribution in [2.24, 2.45) is 11.7 Å². The standard InChI is InChI=1S/C15H23NO2/c1-12(16)10-14-4-2-3-5-15(14)18-11-13-6-8-17-9-7-13/h2-5,12-13H,6-11,16H2,1H3. The predicted octanol–water partition coefficient (Wildman–Crippen LogP) is 2.38. The van der Waals surface area contributed by atoms with Gasteiger partial charge >= 0.3 is 0 Å². The highest BCUT2D eigenvalue weighted by atomic mass is 16.5. The molecule has 0 aliphatic carbocycles. The molecule has 100 valence electrons. The lowest BCUT2D eigenvalue weighted by Crippen LogP contribution is -2.22. The van der Waals surface area contributed by atoms with Crippen LogP contribution >= 0.6 is 0 Å². The second kappa shape index (κ2) is 6.76.